The molecule has 5 nitrogen and oxygen atoms in total. The molecular formula is C14H20FN3O2S. The summed E-state index contributed by atoms with van der Waals surface area (Å²) in [6.45, 7) is 6.98. The van der Waals surface area contributed by atoms with Gasteiger partial charge in [0.1, 0.15) is 5.60 Å². The summed E-state index contributed by atoms with van der Waals surface area (Å²) in [7, 11) is 0. The third-order valence-corrected chi connectivity index (χ3v) is 4.09. The number of hydrogen-bond acceptors (Lipinski definition) is 5. The highest BCUT2D eigenvalue weighted by molar-refractivity contribution is 7.99. The molecule has 0 saturated carbocycles. The molecule has 1 aliphatic heterocycles. The zero-order valence-corrected chi connectivity index (χ0v) is 13.3. The van der Waals surface area contributed by atoms with Crippen LogP contribution >= 0.6 is 11.8 Å². The van der Waals surface area contributed by atoms with E-state index in [-0.39, 0.29) is 6.09 Å². The van der Waals surface area contributed by atoms with Crippen LogP contribution in [0.3, 0.4) is 0 Å². The van der Waals surface area contributed by atoms with Gasteiger partial charge in [-0.3, -0.25) is 0 Å². The van der Waals surface area contributed by atoms with E-state index < -0.39 is 11.4 Å². The summed E-state index contributed by atoms with van der Waals surface area (Å²) in [5.41, 5.74) is -0.466. The van der Waals surface area contributed by atoms with Crippen molar-refractivity contribution in [2.75, 3.05) is 18.8 Å². The molecule has 21 heavy (non-hydrogen) atoms. The van der Waals surface area contributed by atoms with Crippen LogP contribution in [0.2, 0.25) is 0 Å². The Kier molecular flexibility index (Phi) is 5.03. The first-order valence-electron chi connectivity index (χ1n) is 6.92. The average Bonchev–Trinajstić information content (AvgIpc) is 2.85. The van der Waals surface area contributed by atoms with Crippen molar-refractivity contribution in [2.24, 2.45) is 5.92 Å². The number of amides is 1. The first kappa shape index (κ1) is 16.0. The topological polar surface area (TPSA) is 55.3 Å². The summed E-state index contributed by atoms with van der Waals surface area (Å²) in [6.07, 6.45) is 3.01. The maximum Gasteiger partial charge on any atom is 0.410 e. The number of carbonyl (C=O) groups is 1. The van der Waals surface area contributed by atoms with Crippen molar-refractivity contribution in [3.8, 4) is 0 Å². The SMILES string of the molecule is CC(C)(C)OC(=O)N1CCC(CSc2ncc(F)cn2)C1. The van der Waals surface area contributed by atoms with Crippen molar-refractivity contribution in [1.29, 1.82) is 0 Å². The van der Waals surface area contributed by atoms with E-state index in [4.69, 9.17) is 4.74 Å². The fraction of sp³-hybridized carbons (Fsp3) is 0.643. The molecule has 1 aliphatic rings. The standard InChI is InChI=1S/C14H20FN3O2S/c1-14(2,3)20-13(19)18-5-4-10(8-18)9-21-12-16-6-11(15)7-17-12/h6-7,10H,4-5,8-9H2,1-3H3. The monoisotopic (exact) mass is 313 g/mol. The lowest BCUT2D eigenvalue weighted by atomic mass is 10.2. The minimum Gasteiger partial charge on any atom is -0.444 e. The molecule has 1 aromatic heterocycles. The van der Waals surface area contributed by atoms with Gasteiger partial charge in [-0.1, -0.05) is 11.8 Å². The van der Waals surface area contributed by atoms with Crippen molar-refractivity contribution in [3.63, 3.8) is 0 Å². The molecule has 7 heteroatoms. The molecule has 2 heterocycles. The fourth-order valence-electron chi connectivity index (χ4n) is 2.03. The Labute approximate surface area is 128 Å². The summed E-state index contributed by atoms with van der Waals surface area (Å²) in [5.74, 6) is 0.762. The van der Waals surface area contributed by atoms with E-state index in [0.717, 1.165) is 24.6 Å². The predicted octanol–water partition coefficient (Wildman–Crippen LogP) is 2.96. The van der Waals surface area contributed by atoms with E-state index in [1.165, 1.54) is 11.8 Å². The summed E-state index contributed by atoms with van der Waals surface area (Å²) >= 11 is 1.49. The van der Waals surface area contributed by atoms with E-state index >= 15 is 0 Å². The number of hydrogen-bond donors (Lipinski definition) is 0. The van der Waals surface area contributed by atoms with E-state index in [9.17, 15) is 9.18 Å². The molecular weight excluding hydrogens is 293 g/mol. The van der Waals surface area contributed by atoms with Gasteiger partial charge in [0.15, 0.2) is 11.0 Å². The maximum absolute atomic E-state index is 12.7. The highest BCUT2D eigenvalue weighted by Gasteiger charge is 2.29. The summed E-state index contributed by atoms with van der Waals surface area (Å²) < 4.78 is 18.1. The number of thioether (sulfide) groups is 1. The van der Waals surface area contributed by atoms with Gasteiger partial charge in [0, 0.05) is 18.8 Å². The van der Waals surface area contributed by atoms with Crippen molar-refractivity contribution < 1.29 is 13.9 Å². The molecule has 0 aromatic carbocycles. The van der Waals surface area contributed by atoms with Crippen molar-refractivity contribution in [2.45, 2.75) is 37.9 Å². The summed E-state index contributed by atoms with van der Waals surface area (Å²) in [6, 6.07) is 0. The van der Waals surface area contributed by atoms with Crippen LogP contribution < -0.4 is 0 Å². The Morgan fingerprint density at radius 1 is 1.48 bits per heavy atom. The number of ether oxygens (including phenoxy) is 1. The largest absolute Gasteiger partial charge is 0.444 e. The molecule has 0 radical (unpaired) electrons. The molecule has 0 N–H and O–H groups in total. The second kappa shape index (κ2) is 6.60. The normalized spacial score (nSPS) is 18.9. The molecule has 1 saturated heterocycles. The van der Waals surface area contributed by atoms with Gasteiger partial charge in [0.2, 0.25) is 0 Å². The Balaban J connectivity index is 1.77. The van der Waals surface area contributed by atoms with Crippen LogP contribution in [0.4, 0.5) is 9.18 Å². The summed E-state index contributed by atoms with van der Waals surface area (Å²) in [4.78, 5) is 21.5. The van der Waals surface area contributed by atoms with Gasteiger partial charge in [-0.2, -0.15) is 0 Å². The van der Waals surface area contributed by atoms with E-state index in [2.05, 4.69) is 9.97 Å². The van der Waals surface area contributed by atoms with Crippen LogP contribution in [0.5, 0.6) is 0 Å². The van der Waals surface area contributed by atoms with Gasteiger partial charge in [0.25, 0.3) is 0 Å². The van der Waals surface area contributed by atoms with Crippen molar-refractivity contribution in [1.82, 2.24) is 14.9 Å². The summed E-state index contributed by atoms with van der Waals surface area (Å²) in [5, 5.41) is 0.562. The van der Waals surface area contributed by atoms with Gasteiger partial charge >= 0.3 is 6.09 Å². The fourth-order valence-corrected chi connectivity index (χ4v) is 2.94. The zero-order chi connectivity index (χ0) is 15.5. The number of likely N-dealkylation sites (tertiary alicyclic amines) is 1. The van der Waals surface area contributed by atoms with E-state index in [1.54, 1.807) is 4.90 Å². The third-order valence-electron chi connectivity index (χ3n) is 2.98. The second-order valence-electron chi connectivity index (χ2n) is 6.08. The van der Waals surface area contributed by atoms with E-state index in [0.29, 0.717) is 24.2 Å². The lowest BCUT2D eigenvalue weighted by Gasteiger charge is -2.24. The number of aromatic nitrogens is 2. The molecule has 1 unspecified atom stereocenters. The highest BCUT2D eigenvalue weighted by Crippen LogP contribution is 2.25. The molecule has 1 aromatic rings. The maximum atomic E-state index is 12.7. The quantitative estimate of drug-likeness (QED) is 0.634. The Bertz CT molecular complexity index is 490. The van der Waals surface area contributed by atoms with Gasteiger partial charge < -0.3 is 9.64 Å². The predicted molar refractivity (Wildman–Crippen MR) is 78.6 cm³/mol. The molecule has 2 rings (SSSR count). The number of nitrogens with zero attached hydrogens (tertiary/aromatic N) is 3. The van der Waals surface area contributed by atoms with Crippen LogP contribution in [0.25, 0.3) is 0 Å². The molecule has 0 aliphatic carbocycles. The minimum atomic E-state index is -0.466. The van der Waals surface area contributed by atoms with Crippen molar-refractivity contribution in [3.05, 3.63) is 18.2 Å². The van der Waals surface area contributed by atoms with Gasteiger partial charge in [-0.15, -0.1) is 0 Å². The molecule has 0 spiro atoms. The molecule has 0 bridgehead atoms. The van der Waals surface area contributed by atoms with Gasteiger partial charge in [-0.25, -0.2) is 19.2 Å². The van der Waals surface area contributed by atoms with Crippen LogP contribution in [-0.4, -0.2) is 45.4 Å². The third kappa shape index (κ3) is 5.15. The first-order valence-corrected chi connectivity index (χ1v) is 7.90. The lowest BCUT2D eigenvalue weighted by Crippen LogP contribution is -2.35. The molecule has 116 valence electrons. The minimum absolute atomic E-state index is 0.256. The Morgan fingerprint density at radius 3 is 2.76 bits per heavy atom. The Morgan fingerprint density at radius 2 is 2.14 bits per heavy atom. The van der Waals surface area contributed by atoms with Crippen molar-refractivity contribution >= 4 is 17.9 Å². The second-order valence-corrected chi connectivity index (χ2v) is 7.06. The smallest absolute Gasteiger partial charge is 0.410 e. The number of carbonyl (C=O) groups excluding carboxylic acids is 1. The molecule has 1 fully saturated rings. The van der Waals surface area contributed by atoms with Gasteiger partial charge in [0.05, 0.1) is 12.4 Å². The number of halogens is 1. The lowest BCUT2D eigenvalue weighted by molar-refractivity contribution is 0.0289. The van der Waals surface area contributed by atoms with Crippen LogP contribution in [0, 0.1) is 11.7 Å². The number of rotatable bonds is 3. The average molecular weight is 313 g/mol. The first-order chi connectivity index (χ1) is 9.83. The highest BCUT2D eigenvalue weighted by atomic mass is 32.2. The van der Waals surface area contributed by atoms with Crippen LogP contribution in [-0.2, 0) is 4.74 Å². The van der Waals surface area contributed by atoms with Crippen LogP contribution in [0.1, 0.15) is 27.2 Å². The molecule has 1 amide bonds. The molecule has 1 atom stereocenters. The van der Waals surface area contributed by atoms with Gasteiger partial charge in [-0.05, 0) is 33.1 Å². The van der Waals surface area contributed by atoms with Crippen LogP contribution in [0.15, 0.2) is 17.6 Å². The van der Waals surface area contributed by atoms with E-state index in [1.807, 2.05) is 20.8 Å². The zero-order valence-electron chi connectivity index (χ0n) is 12.5. The Hall–Kier alpha value is -1.37.